The number of hydrogen-bond acceptors (Lipinski definition) is 5. The largest absolute Gasteiger partial charge is 0.423 e. The Hall–Kier alpha value is -2.16. The standard InChI is InChI=1S/C9H9N5O/c1-2-8-12-13-9(15-8)6-14-4-3-11-7(14)5-10/h3-4H,2,6H2,1H3. The summed E-state index contributed by atoms with van der Waals surface area (Å²) in [6.07, 6.45) is 3.98. The molecule has 0 saturated carbocycles. The van der Waals surface area contributed by atoms with Crippen molar-refractivity contribution in [1.29, 1.82) is 5.26 Å². The summed E-state index contributed by atoms with van der Waals surface area (Å²) in [6, 6.07) is 1.98. The van der Waals surface area contributed by atoms with Crippen LogP contribution in [0.2, 0.25) is 0 Å². The van der Waals surface area contributed by atoms with Crippen LogP contribution in [0.5, 0.6) is 0 Å². The topological polar surface area (TPSA) is 80.5 Å². The second-order valence-electron chi connectivity index (χ2n) is 2.93. The number of aromatic nitrogens is 4. The molecule has 0 aliphatic rings. The average Bonchev–Trinajstić information content (AvgIpc) is 2.87. The molecule has 0 N–H and O–H groups in total. The number of nitrogens with zero attached hydrogens (tertiary/aromatic N) is 5. The molecule has 76 valence electrons. The van der Waals surface area contributed by atoms with Gasteiger partial charge in [0.05, 0.1) is 0 Å². The highest BCUT2D eigenvalue weighted by Crippen LogP contribution is 2.04. The lowest BCUT2D eigenvalue weighted by molar-refractivity contribution is 0.441. The molecular weight excluding hydrogens is 194 g/mol. The molecule has 0 aliphatic heterocycles. The predicted octanol–water partition coefficient (Wildman–Crippen LogP) is 0.748. The van der Waals surface area contributed by atoms with E-state index >= 15 is 0 Å². The van der Waals surface area contributed by atoms with Crippen molar-refractivity contribution in [3.8, 4) is 6.07 Å². The quantitative estimate of drug-likeness (QED) is 0.735. The van der Waals surface area contributed by atoms with Gasteiger partial charge in [0.1, 0.15) is 12.6 Å². The Morgan fingerprint density at radius 1 is 1.47 bits per heavy atom. The number of rotatable bonds is 3. The maximum absolute atomic E-state index is 8.74. The minimum Gasteiger partial charge on any atom is -0.423 e. The summed E-state index contributed by atoms with van der Waals surface area (Å²) in [5.74, 6) is 1.43. The van der Waals surface area contributed by atoms with Crippen LogP contribution in [-0.4, -0.2) is 19.7 Å². The van der Waals surface area contributed by atoms with Gasteiger partial charge in [-0.25, -0.2) is 4.98 Å². The van der Waals surface area contributed by atoms with Crippen LogP contribution in [0.3, 0.4) is 0 Å². The zero-order valence-electron chi connectivity index (χ0n) is 8.21. The lowest BCUT2D eigenvalue weighted by atomic mass is 10.5. The summed E-state index contributed by atoms with van der Waals surface area (Å²) in [5, 5.41) is 16.4. The molecule has 0 aromatic carbocycles. The summed E-state index contributed by atoms with van der Waals surface area (Å²) in [4.78, 5) is 3.87. The fraction of sp³-hybridized carbons (Fsp3) is 0.333. The maximum atomic E-state index is 8.74. The highest BCUT2D eigenvalue weighted by Gasteiger charge is 2.07. The fourth-order valence-electron chi connectivity index (χ4n) is 1.19. The highest BCUT2D eigenvalue weighted by atomic mass is 16.4. The van der Waals surface area contributed by atoms with Crippen LogP contribution in [0.1, 0.15) is 24.5 Å². The van der Waals surface area contributed by atoms with Crippen LogP contribution in [0.25, 0.3) is 0 Å². The number of nitriles is 1. The van der Waals surface area contributed by atoms with Gasteiger partial charge in [-0.2, -0.15) is 5.26 Å². The first-order chi connectivity index (χ1) is 7.33. The van der Waals surface area contributed by atoms with Gasteiger partial charge in [-0.15, -0.1) is 10.2 Å². The minimum absolute atomic E-state index is 0.339. The summed E-state index contributed by atoms with van der Waals surface area (Å²) in [7, 11) is 0. The Balaban J connectivity index is 2.19. The molecule has 6 nitrogen and oxygen atoms in total. The third kappa shape index (κ3) is 1.86. The van der Waals surface area contributed by atoms with E-state index < -0.39 is 0 Å². The molecule has 0 fully saturated rings. The van der Waals surface area contributed by atoms with Gasteiger partial charge >= 0.3 is 0 Å². The summed E-state index contributed by atoms with van der Waals surface area (Å²) in [6.45, 7) is 2.32. The first kappa shape index (κ1) is 9.40. The Morgan fingerprint density at radius 2 is 2.27 bits per heavy atom. The third-order valence-electron chi connectivity index (χ3n) is 1.93. The summed E-state index contributed by atoms with van der Waals surface area (Å²) in [5.41, 5.74) is 0. The molecule has 2 heterocycles. The van der Waals surface area contributed by atoms with Gasteiger partial charge in [0.15, 0.2) is 0 Å². The molecule has 2 rings (SSSR count). The lowest BCUT2D eigenvalue weighted by Crippen LogP contribution is -2.01. The van der Waals surface area contributed by atoms with Crippen LogP contribution >= 0.6 is 0 Å². The van der Waals surface area contributed by atoms with E-state index in [4.69, 9.17) is 9.68 Å². The van der Waals surface area contributed by atoms with E-state index in [1.54, 1.807) is 17.0 Å². The van der Waals surface area contributed by atoms with E-state index in [-0.39, 0.29) is 0 Å². The predicted molar refractivity (Wildman–Crippen MR) is 49.7 cm³/mol. The molecule has 0 atom stereocenters. The Kier molecular flexibility index (Phi) is 2.46. The molecule has 0 spiro atoms. The Bertz CT molecular complexity index is 493. The molecule has 6 heteroatoms. The lowest BCUT2D eigenvalue weighted by Gasteiger charge is -1.97. The van der Waals surface area contributed by atoms with E-state index in [0.717, 1.165) is 0 Å². The third-order valence-corrected chi connectivity index (χ3v) is 1.93. The molecule has 0 radical (unpaired) electrons. The average molecular weight is 203 g/mol. The molecule has 0 aliphatic carbocycles. The second-order valence-corrected chi connectivity index (χ2v) is 2.93. The number of imidazole rings is 1. The van der Waals surface area contributed by atoms with Crippen molar-refractivity contribution in [1.82, 2.24) is 19.7 Å². The molecule has 0 unspecified atom stereocenters. The Labute approximate surface area is 86.2 Å². The van der Waals surface area contributed by atoms with E-state index in [0.29, 0.717) is 30.6 Å². The molecule has 0 bridgehead atoms. The smallest absolute Gasteiger partial charge is 0.236 e. The van der Waals surface area contributed by atoms with Gasteiger partial charge in [-0.1, -0.05) is 6.92 Å². The molecule has 2 aromatic rings. The van der Waals surface area contributed by atoms with Gasteiger partial charge in [-0.3, -0.25) is 0 Å². The first-order valence-electron chi connectivity index (χ1n) is 4.56. The normalized spacial score (nSPS) is 10.1. The van der Waals surface area contributed by atoms with E-state index in [1.807, 2.05) is 13.0 Å². The van der Waals surface area contributed by atoms with Crippen molar-refractivity contribution >= 4 is 0 Å². The van der Waals surface area contributed by atoms with Gasteiger partial charge in [0.25, 0.3) is 0 Å². The number of hydrogen-bond donors (Lipinski definition) is 0. The molecule has 0 amide bonds. The van der Waals surface area contributed by atoms with E-state index in [2.05, 4.69) is 15.2 Å². The van der Waals surface area contributed by atoms with Crippen LogP contribution in [0, 0.1) is 11.3 Å². The van der Waals surface area contributed by atoms with Crippen molar-refractivity contribution in [2.75, 3.05) is 0 Å². The van der Waals surface area contributed by atoms with Crippen LogP contribution in [-0.2, 0) is 13.0 Å². The zero-order valence-corrected chi connectivity index (χ0v) is 8.21. The zero-order chi connectivity index (χ0) is 10.7. The molecule has 0 saturated heterocycles. The number of aryl methyl sites for hydroxylation is 1. The SMILES string of the molecule is CCc1nnc(Cn2ccnc2C#N)o1. The van der Waals surface area contributed by atoms with Crippen LogP contribution < -0.4 is 0 Å². The van der Waals surface area contributed by atoms with Crippen LogP contribution in [0.15, 0.2) is 16.8 Å². The molecular formula is C9H9N5O. The highest BCUT2D eigenvalue weighted by molar-refractivity contribution is 5.11. The van der Waals surface area contributed by atoms with E-state index in [9.17, 15) is 0 Å². The molecule has 2 aromatic heterocycles. The van der Waals surface area contributed by atoms with Gasteiger partial charge in [0, 0.05) is 18.8 Å². The minimum atomic E-state index is 0.339. The van der Waals surface area contributed by atoms with Crippen molar-refractivity contribution in [3.63, 3.8) is 0 Å². The van der Waals surface area contributed by atoms with Crippen molar-refractivity contribution in [3.05, 3.63) is 30.0 Å². The second kappa shape index (κ2) is 3.92. The van der Waals surface area contributed by atoms with Crippen molar-refractivity contribution in [2.45, 2.75) is 19.9 Å². The monoisotopic (exact) mass is 203 g/mol. The summed E-state index contributed by atoms with van der Waals surface area (Å²) < 4.78 is 6.99. The summed E-state index contributed by atoms with van der Waals surface area (Å²) >= 11 is 0. The van der Waals surface area contributed by atoms with Gasteiger partial charge in [0.2, 0.25) is 17.6 Å². The fourth-order valence-corrected chi connectivity index (χ4v) is 1.19. The van der Waals surface area contributed by atoms with Crippen molar-refractivity contribution < 1.29 is 4.42 Å². The van der Waals surface area contributed by atoms with Gasteiger partial charge in [-0.05, 0) is 0 Å². The maximum Gasteiger partial charge on any atom is 0.236 e. The van der Waals surface area contributed by atoms with Crippen molar-refractivity contribution in [2.24, 2.45) is 0 Å². The van der Waals surface area contributed by atoms with Crippen LogP contribution in [0.4, 0.5) is 0 Å². The molecule has 15 heavy (non-hydrogen) atoms. The Morgan fingerprint density at radius 3 is 2.93 bits per heavy atom. The first-order valence-corrected chi connectivity index (χ1v) is 4.56. The van der Waals surface area contributed by atoms with Gasteiger partial charge < -0.3 is 8.98 Å². The van der Waals surface area contributed by atoms with E-state index in [1.165, 1.54) is 0 Å².